The molecular formula is C25H24N2OS. The van der Waals surface area contributed by atoms with Crippen LogP contribution in [0.4, 0.5) is 0 Å². The number of rotatable bonds is 1. The van der Waals surface area contributed by atoms with Crippen molar-refractivity contribution in [1.29, 1.82) is 0 Å². The van der Waals surface area contributed by atoms with E-state index in [2.05, 4.69) is 48.5 Å². The zero-order valence-electron chi connectivity index (χ0n) is 16.4. The molecule has 0 amide bonds. The van der Waals surface area contributed by atoms with E-state index in [-0.39, 0.29) is 16.2 Å². The molecule has 0 radical (unpaired) electrons. The van der Waals surface area contributed by atoms with Crippen molar-refractivity contribution in [1.82, 2.24) is 9.55 Å². The number of thioether (sulfide) groups is 1. The van der Waals surface area contributed by atoms with Crippen molar-refractivity contribution in [2.45, 2.75) is 60.9 Å². The minimum absolute atomic E-state index is 0.0243. The number of fused-ring (bicyclic) bond motifs is 5. The van der Waals surface area contributed by atoms with E-state index in [4.69, 9.17) is 4.98 Å². The number of hydrogen-bond acceptors (Lipinski definition) is 3. The van der Waals surface area contributed by atoms with Gasteiger partial charge in [0.05, 0.1) is 16.5 Å². The highest BCUT2D eigenvalue weighted by Gasteiger charge is 2.44. The summed E-state index contributed by atoms with van der Waals surface area (Å²) in [4.78, 5) is 19.0. The van der Waals surface area contributed by atoms with E-state index < -0.39 is 0 Å². The maximum Gasteiger partial charge on any atom is 0.258 e. The molecule has 0 N–H and O–H groups in total. The van der Waals surface area contributed by atoms with Crippen LogP contribution in [0, 0.1) is 0 Å². The van der Waals surface area contributed by atoms with Crippen LogP contribution in [0.25, 0.3) is 11.3 Å². The summed E-state index contributed by atoms with van der Waals surface area (Å²) in [5, 5.41) is 1.14. The highest BCUT2D eigenvalue weighted by molar-refractivity contribution is 7.99. The highest BCUT2D eigenvalue weighted by atomic mass is 32.2. The second-order valence-corrected chi connectivity index (χ2v) is 9.90. The molecule has 2 aliphatic carbocycles. The highest BCUT2D eigenvalue weighted by Crippen LogP contribution is 2.50. The van der Waals surface area contributed by atoms with E-state index >= 15 is 0 Å². The van der Waals surface area contributed by atoms with Gasteiger partial charge in [0.15, 0.2) is 5.16 Å². The molecule has 146 valence electrons. The fraction of sp³-hybridized carbons (Fsp3) is 0.360. The Balaban J connectivity index is 1.54. The van der Waals surface area contributed by atoms with Crippen molar-refractivity contribution in [2.24, 2.45) is 0 Å². The van der Waals surface area contributed by atoms with E-state index in [9.17, 15) is 4.79 Å². The second kappa shape index (κ2) is 6.60. The van der Waals surface area contributed by atoms with Gasteiger partial charge in [0.1, 0.15) is 0 Å². The topological polar surface area (TPSA) is 34.9 Å². The molecule has 1 spiro atoms. The molecule has 3 aromatic rings. The lowest BCUT2D eigenvalue weighted by atomic mass is 9.62. The average molecular weight is 401 g/mol. The Morgan fingerprint density at radius 2 is 1.72 bits per heavy atom. The fourth-order valence-corrected chi connectivity index (χ4v) is 6.84. The summed E-state index contributed by atoms with van der Waals surface area (Å²) in [5.41, 5.74) is 5.97. The molecule has 0 bridgehead atoms. The first-order valence-corrected chi connectivity index (χ1v) is 11.6. The summed E-state index contributed by atoms with van der Waals surface area (Å²) >= 11 is 1.74. The van der Waals surface area contributed by atoms with Gasteiger partial charge in [0.2, 0.25) is 0 Å². The maximum absolute atomic E-state index is 13.9. The molecule has 1 fully saturated rings. The molecule has 2 heterocycles. The van der Waals surface area contributed by atoms with Crippen LogP contribution in [0.15, 0.2) is 64.5 Å². The smallest absolute Gasteiger partial charge is 0.258 e. The first-order chi connectivity index (χ1) is 14.3. The SMILES string of the molecule is O=c1c2c(nc3n1C[C@H](c1ccccc1)S3)-c1ccccc1CC21CCCCC1. The molecule has 6 rings (SSSR count). The van der Waals surface area contributed by atoms with Gasteiger partial charge in [0, 0.05) is 17.5 Å². The maximum atomic E-state index is 13.9. The molecule has 3 aliphatic rings. The van der Waals surface area contributed by atoms with Gasteiger partial charge in [-0.25, -0.2) is 4.98 Å². The first-order valence-electron chi connectivity index (χ1n) is 10.7. The molecule has 1 aliphatic heterocycles. The third-order valence-electron chi connectivity index (χ3n) is 7.04. The van der Waals surface area contributed by atoms with Gasteiger partial charge in [-0.2, -0.15) is 0 Å². The Labute approximate surface area is 175 Å². The van der Waals surface area contributed by atoms with Crippen molar-refractivity contribution in [2.75, 3.05) is 0 Å². The van der Waals surface area contributed by atoms with Gasteiger partial charge in [-0.1, -0.05) is 85.6 Å². The average Bonchev–Trinajstić information content (AvgIpc) is 3.20. The van der Waals surface area contributed by atoms with Crippen molar-refractivity contribution < 1.29 is 0 Å². The lowest BCUT2D eigenvalue weighted by Gasteiger charge is -2.41. The van der Waals surface area contributed by atoms with E-state index in [0.29, 0.717) is 0 Å². The molecule has 1 atom stereocenters. The molecule has 29 heavy (non-hydrogen) atoms. The predicted octanol–water partition coefficient (Wildman–Crippen LogP) is 5.52. The largest absolute Gasteiger partial charge is 0.286 e. The molecular weight excluding hydrogens is 376 g/mol. The lowest BCUT2D eigenvalue weighted by molar-refractivity contribution is 0.282. The summed E-state index contributed by atoms with van der Waals surface area (Å²) in [6.07, 6.45) is 6.92. The van der Waals surface area contributed by atoms with Crippen molar-refractivity contribution in [3.63, 3.8) is 0 Å². The third-order valence-corrected chi connectivity index (χ3v) is 8.27. The molecule has 1 aromatic heterocycles. The van der Waals surface area contributed by atoms with Gasteiger partial charge < -0.3 is 0 Å². The van der Waals surface area contributed by atoms with Crippen LogP contribution in [0.3, 0.4) is 0 Å². The Morgan fingerprint density at radius 3 is 2.55 bits per heavy atom. The van der Waals surface area contributed by atoms with Gasteiger partial charge in [-0.3, -0.25) is 9.36 Å². The second-order valence-electron chi connectivity index (χ2n) is 8.73. The standard InChI is InChI=1S/C25H24N2OS/c28-23-21-22(26-24-27(23)16-20(29-24)17-9-3-1-4-10-17)19-12-6-5-11-18(19)15-25(21)13-7-2-8-14-25/h1,3-6,9-12,20H,2,7-8,13-16H2/t20-/m1/s1. The summed E-state index contributed by atoms with van der Waals surface area (Å²) in [6, 6.07) is 19.1. The van der Waals surface area contributed by atoms with E-state index in [1.165, 1.54) is 36.0 Å². The minimum atomic E-state index is -0.0243. The zero-order chi connectivity index (χ0) is 19.4. The predicted molar refractivity (Wildman–Crippen MR) is 117 cm³/mol. The van der Waals surface area contributed by atoms with Crippen LogP contribution in [0.2, 0.25) is 0 Å². The van der Waals surface area contributed by atoms with Crippen molar-refractivity contribution in [3.05, 3.63) is 81.6 Å². The molecule has 2 aromatic carbocycles. The monoisotopic (exact) mass is 400 g/mol. The third kappa shape index (κ3) is 2.65. The quantitative estimate of drug-likeness (QED) is 0.505. The van der Waals surface area contributed by atoms with Crippen LogP contribution in [0.5, 0.6) is 0 Å². The number of hydrogen-bond donors (Lipinski definition) is 0. The Bertz CT molecular complexity index is 1150. The van der Waals surface area contributed by atoms with E-state index in [1.807, 2.05) is 10.6 Å². The number of aromatic nitrogens is 2. The summed E-state index contributed by atoms with van der Waals surface area (Å²) in [6.45, 7) is 0.723. The van der Waals surface area contributed by atoms with Gasteiger partial charge in [0.25, 0.3) is 5.56 Å². The van der Waals surface area contributed by atoms with Gasteiger partial charge in [-0.15, -0.1) is 0 Å². The molecule has 1 saturated carbocycles. The van der Waals surface area contributed by atoms with Crippen LogP contribution in [0.1, 0.15) is 54.0 Å². The van der Waals surface area contributed by atoms with Crippen LogP contribution in [-0.4, -0.2) is 9.55 Å². The van der Waals surface area contributed by atoms with Crippen LogP contribution in [-0.2, 0) is 18.4 Å². The Morgan fingerprint density at radius 1 is 0.966 bits per heavy atom. The number of nitrogens with zero attached hydrogens (tertiary/aromatic N) is 2. The summed E-state index contributed by atoms with van der Waals surface area (Å²) in [7, 11) is 0. The molecule has 4 heteroatoms. The van der Waals surface area contributed by atoms with Gasteiger partial charge in [-0.05, 0) is 30.4 Å². The fourth-order valence-electron chi connectivity index (χ4n) is 5.64. The van der Waals surface area contributed by atoms with E-state index in [0.717, 1.165) is 42.2 Å². The Hall–Kier alpha value is -2.33. The lowest BCUT2D eigenvalue weighted by Crippen LogP contribution is -2.42. The summed E-state index contributed by atoms with van der Waals surface area (Å²) < 4.78 is 1.96. The zero-order valence-corrected chi connectivity index (χ0v) is 17.3. The van der Waals surface area contributed by atoms with Crippen molar-refractivity contribution >= 4 is 11.8 Å². The number of benzene rings is 2. The van der Waals surface area contributed by atoms with E-state index in [1.54, 1.807) is 11.8 Å². The first kappa shape index (κ1) is 17.5. The molecule has 0 unspecified atom stereocenters. The Kier molecular flexibility index (Phi) is 3.98. The minimum Gasteiger partial charge on any atom is -0.286 e. The summed E-state index contributed by atoms with van der Waals surface area (Å²) in [5.74, 6) is 0. The molecule has 0 saturated heterocycles. The molecule has 3 nitrogen and oxygen atoms in total. The van der Waals surface area contributed by atoms with Crippen LogP contribution >= 0.6 is 11.8 Å². The van der Waals surface area contributed by atoms with Crippen molar-refractivity contribution in [3.8, 4) is 11.3 Å². The van der Waals surface area contributed by atoms with Gasteiger partial charge >= 0.3 is 0 Å². The normalized spacial score (nSPS) is 21.4. The van der Waals surface area contributed by atoms with Crippen LogP contribution < -0.4 is 5.56 Å².